The van der Waals surface area contributed by atoms with Gasteiger partial charge in [-0.15, -0.1) is 11.8 Å². The van der Waals surface area contributed by atoms with Crippen molar-refractivity contribution >= 4 is 33.6 Å². The van der Waals surface area contributed by atoms with Gasteiger partial charge >= 0.3 is 0 Å². The molecule has 6 nitrogen and oxygen atoms in total. The molecule has 3 rings (SSSR count). The number of ether oxygens (including phenoxy) is 1. The van der Waals surface area contributed by atoms with Gasteiger partial charge in [0.25, 0.3) is 5.91 Å². The molecular weight excluding hydrogens is 466 g/mol. The van der Waals surface area contributed by atoms with Crippen molar-refractivity contribution in [2.24, 2.45) is 0 Å². The standard InChI is InChI=1S/C22H26BrN3O3S/c1-2-25(26-16-30-15-20(26)22(28)24-10-11-27)13-18-12-19(23)8-9-21(18)29-14-17-6-4-3-5-7-17/h3-9,12,15,27H,2,10-11,13-14,16H2,1H3,(H,24,28). The van der Waals surface area contributed by atoms with E-state index < -0.39 is 0 Å². The Labute approximate surface area is 190 Å². The van der Waals surface area contributed by atoms with Gasteiger partial charge in [0.2, 0.25) is 0 Å². The summed E-state index contributed by atoms with van der Waals surface area (Å²) in [6.45, 7) is 4.05. The van der Waals surface area contributed by atoms with Gasteiger partial charge in [0.1, 0.15) is 18.1 Å². The SMILES string of the molecule is CCN(Cc1cc(Br)ccc1OCc1ccccc1)N1CSC=C1C(=O)NCCO. The third-order valence-corrected chi connectivity index (χ3v) is 5.90. The number of halogens is 1. The lowest BCUT2D eigenvalue weighted by Crippen LogP contribution is -2.44. The summed E-state index contributed by atoms with van der Waals surface area (Å²) in [5, 5.41) is 17.7. The molecule has 1 aliphatic rings. The summed E-state index contributed by atoms with van der Waals surface area (Å²) in [7, 11) is 0. The van der Waals surface area contributed by atoms with Crippen LogP contribution in [0.4, 0.5) is 0 Å². The minimum absolute atomic E-state index is 0.0796. The molecule has 0 spiro atoms. The predicted molar refractivity (Wildman–Crippen MR) is 123 cm³/mol. The monoisotopic (exact) mass is 491 g/mol. The van der Waals surface area contributed by atoms with Crippen molar-refractivity contribution in [3.05, 3.63) is 75.2 Å². The van der Waals surface area contributed by atoms with E-state index in [1.807, 2.05) is 52.9 Å². The molecule has 1 amide bonds. The Bertz CT molecular complexity index is 879. The molecule has 2 aromatic rings. The molecule has 1 heterocycles. The Morgan fingerprint density at radius 2 is 2.10 bits per heavy atom. The Balaban J connectivity index is 1.74. The summed E-state index contributed by atoms with van der Waals surface area (Å²) in [6, 6.07) is 16.1. The molecule has 0 atom stereocenters. The van der Waals surface area contributed by atoms with Crippen molar-refractivity contribution in [1.29, 1.82) is 0 Å². The third-order valence-electron chi connectivity index (χ3n) is 4.62. The van der Waals surface area contributed by atoms with Gasteiger partial charge in [-0.2, -0.15) is 0 Å². The molecule has 1 aliphatic heterocycles. The van der Waals surface area contributed by atoms with Gasteiger partial charge in [0, 0.05) is 35.1 Å². The number of carbonyl (C=O) groups excluding carboxylic acids is 1. The largest absolute Gasteiger partial charge is 0.489 e. The van der Waals surface area contributed by atoms with Crippen LogP contribution in [0.3, 0.4) is 0 Å². The zero-order valence-corrected chi connectivity index (χ0v) is 19.3. The van der Waals surface area contributed by atoms with Crippen molar-refractivity contribution < 1.29 is 14.6 Å². The van der Waals surface area contributed by atoms with Crippen molar-refractivity contribution in [3.8, 4) is 5.75 Å². The van der Waals surface area contributed by atoms with E-state index in [-0.39, 0.29) is 19.1 Å². The molecule has 0 aromatic heterocycles. The molecular formula is C22H26BrN3O3S. The molecule has 2 N–H and O–H groups in total. The van der Waals surface area contributed by atoms with Gasteiger partial charge in [0.15, 0.2) is 0 Å². The molecule has 2 aromatic carbocycles. The van der Waals surface area contributed by atoms with Crippen molar-refractivity contribution in [1.82, 2.24) is 15.3 Å². The number of thioether (sulfide) groups is 1. The number of nitrogens with zero attached hydrogens (tertiary/aromatic N) is 2. The maximum absolute atomic E-state index is 12.5. The zero-order chi connectivity index (χ0) is 21.3. The average Bonchev–Trinajstić information content (AvgIpc) is 3.25. The predicted octanol–water partition coefficient (Wildman–Crippen LogP) is 3.72. The Hall–Kier alpha value is -2.00. The lowest BCUT2D eigenvalue weighted by Gasteiger charge is -2.34. The number of rotatable bonds is 10. The second-order valence-electron chi connectivity index (χ2n) is 6.69. The highest BCUT2D eigenvalue weighted by atomic mass is 79.9. The molecule has 8 heteroatoms. The van der Waals surface area contributed by atoms with Crippen LogP contribution in [-0.2, 0) is 17.9 Å². The van der Waals surface area contributed by atoms with Crippen LogP contribution in [0.25, 0.3) is 0 Å². The molecule has 0 unspecified atom stereocenters. The fourth-order valence-electron chi connectivity index (χ4n) is 3.09. The number of carbonyl (C=O) groups is 1. The highest BCUT2D eigenvalue weighted by Gasteiger charge is 2.27. The van der Waals surface area contributed by atoms with Gasteiger partial charge in [0.05, 0.1) is 12.5 Å². The van der Waals surface area contributed by atoms with Crippen LogP contribution in [0.5, 0.6) is 5.75 Å². The fourth-order valence-corrected chi connectivity index (χ4v) is 4.41. The number of aliphatic hydroxyl groups excluding tert-OH is 1. The maximum Gasteiger partial charge on any atom is 0.269 e. The van der Waals surface area contributed by atoms with E-state index in [0.29, 0.717) is 24.7 Å². The highest BCUT2D eigenvalue weighted by molar-refractivity contribution is 9.10. The number of aliphatic hydroxyl groups is 1. The van der Waals surface area contributed by atoms with E-state index in [4.69, 9.17) is 9.84 Å². The summed E-state index contributed by atoms with van der Waals surface area (Å²) in [5.41, 5.74) is 2.74. The van der Waals surface area contributed by atoms with Gasteiger partial charge in [-0.25, -0.2) is 5.01 Å². The highest BCUT2D eigenvalue weighted by Crippen LogP contribution is 2.30. The average molecular weight is 492 g/mol. The van der Waals surface area contributed by atoms with Gasteiger partial charge in [-0.3, -0.25) is 9.80 Å². The Morgan fingerprint density at radius 1 is 1.30 bits per heavy atom. The topological polar surface area (TPSA) is 65.0 Å². The molecule has 0 bridgehead atoms. The lowest BCUT2D eigenvalue weighted by molar-refractivity contribution is -0.121. The summed E-state index contributed by atoms with van der Waals surface area (Å²) < 4.78 is 7.10. The maximum atomic E-state index is 12.5. The van der Waals surface area contributed by atoms with E-state index >= 15 is 0 Å². The van der Waals surface area contributed by atoms with Crippen LogP contribution in [0.2, 0.25) is 0 Å². The molecule has 30 heavy (non-hydrogen) atoms. The number of benzene rings is 2. The minimum Gasteiger partial charge on any atom is -0.489 e. The molecule has 0 radical (unpaired) electrons. The van der Waals surface area contributed by atoms with E-state index in [1.54, 1.807) is 11.8 Å². The Morgan fingerprint density at radius 3 is 2.83 bits per heavy atom. The number of hydrogen-bond acceptors (Lipinski definition) is 6. The number of hydrazine groups is 1. The first-order chi connectivity index (χ1) is 14.6. The summed E-state index contributed by atoms with van der Waals surface area (Å²) in [5.74, 6) is 1.31. The number of nitrogens with one attached hydrogen (secondary N) is 1. The molecule has 0 saturated carbocycles. The van der Waals surface area contributed by atoms with Gasteiger partial charge < -0.3 is 15.2 Å². The van der Waals surface area contributed by atoms with Gasteiger partial charge in [-0.1, -0.05) is 53.2 Å². The van der Waals surface area contributed by atoms with Crippen molar-refractivity contribution in [2.75, 3.05) is 25.6 Å². The number of hydrogen-bond donors (Lipinski definition) is 2. The van der Waals surface area contributed by atoms with E-state index in [0.717, 1.165) is 27.9 Å². The van der Waals surface area contributed by atoms with E-state index in [2.05, 4.69) is 39.2 Å². The summed E-state index contributed by atoms with van der Waals surface area (Å²) in [6.07, 6.45) is 0. The normalized spacial score (nSPS) is 13.5. The van der Waals surface area contributed by atoms with E-state index in [1.165, 1.54) is 0 Å². The van der Waals surface area contributed by atoms with Crippen LogP contribution in [-0.4, -0.2) is 46.6 Å². The smallest absolute Gasteiger partial charge is 0.269 e. The minimum atomic E-state index is -0.178. The fraction of sp³-hybridized carbons (Fsp3) is 0.318. The van der Waals surface area contributed by atoms with Crippen LogP contribution in [0.15, 0.2) is 64.1 Å². The molecule has 160 valence electrons. The quantitative estimate of drug-likeness (QED) is 0.527. The second-order valence-corrected chi connectivity index (χ2v) is 8.43. The van der Waals surface area contributed by atoms with Crippen molar-refractivity contribution in [3.63, 3.8) is 0 Å². The van der Waals surface area contributed by atoms with Crippen molar-refractivity contribution in [2.45, 2.75) is 20.1 Å². The first kappa shape index (κ1) is 22.7. The first-order valence-electron chi connectivity index (χ1n) is 9.80. The van der Waals surface area contributed by atoms with Crippen LogP contribution >= 0.6 is 27.7 Å². The third kappa shape index (κ3) is 6.01. The molecule has 0 saturated heterocycles. The van der Waals surface area contributed by atoms with Gasteiger partial charge in [-0.05, 0) is 23.8 Å². The second kappa shape index (κ2) is 11.4. The van der Waals surface area contributed by atoms with Crippen LogP contribution in [0.1, 0.15) is 18.1 Å². The lowest BCUT2D eigenvalue weighted by atomic mass is 10.2. The molecule has 0 aliphatic carbocycles. The summed E-state index contributed by atoms with van der Waals surface area (Å²) >= 11 is 5.14. The first-order valence-corrected chi connectivity index (χ1v) is 11.6. The number of amides is 1. The Kier molecular flexibility index (Phi) is 8.62. The molecule has 0 fully saturated rings. The van der Waals surface area contributed by atoms with Crippen LogP contribution in [0, 0.1) is 0 Å². The summed E-state index contributed by atoms with van der Waals surface area (Å²) in [4.78, 5) is 12.5. The van der Waals surface area contributed by atoms with E-state index in [9.17, 15) is 4.79 Å². The van der Waals surface area contributed by atoms with Crippen LogP contribution < -0.4 is 10.1 Å². The zero-order valence-electron chi connectivity index (χ0n) is 16.9.